The topological polar surface area (TPSA) is 192 Å². The Morgan fingerprint density at radius 2 is 1.62 bits per heavy atom. The molecule has 2 aromatic rings. The Hall–Kier alpha value is -3.09. The maximum atomic E-state index is 13.5. The summed E-state index contributed by atoms with van der Waals surface area (Å²) in [5, 5.41) is 18.7. The van der Waals surface area contributed by atoms with Crippen LogP contribution in [0.15, 0.2) is 30.5 Å². The predicted molar refractivity (Wildman–Crippen MR) is 159 cm³/mol. The fourth-order valence-electron chi connectivity index (χ4n) is 4.31. The Kier molecular flexibility index (Phi) is 14.0. The summed E-state index contributed by atoms with van der Waals surface area (Å²) in [6, 6.07) is 3.67. The molecule has 0 aliphatic rings. The smallest absolute Gasteiger partial charge is 0.326 e. The van der Waals surface area contributed by atoms with Crippen molar-refractivity contribution >= 4 is 46.4 Å². The van der Waals surface area contributed by atoms with E-state index in [9.17, 15) is 24.3 Å². The third-order valence-corrected chi connectivity index (χ3v) is 7.74. The van der Waals surface area contributed by atoms with Gasteiger partial charge in [0.15, 0.2) is 0 Å². The van der Waals surface area contributed by atoms with E-state index >= 15 is 0 Å². The molecule has 222 valence electrons. The Balaban J connectivity index is 2.31. The summed E-state index contributed by atoms with van der Waals surface area (Å²) in [4.78, 5) is 54.8. The van der Waals surface area contributed by atoms with Crippen LogP contribution in [0.4, 0.5) is 0 Å². The Morgan fingerprint density at radius 1 is 0.975 bits per heavy atom. The second kappa shape index (κ2) is 16.9. The molecule has 12 heteroatoms. The molecule has 0 radical (unpaired) electrons. The van der Waals surface area contributed by atoms with Crippen molar-refractivity contribution in [2.24, 2.45) is 17.4 Å². The maximum Gasteiger partial charge on any atom is 0.326 e. The number of rotatable bonds is 18. The van der Waals surface area contributed by atoms with Gasteiger partial charge in [-0.25, -0.2) is 4.79 Å². The number of nitrogens with two attached hydrogens (primary N) is 2. The zero-order valence-electron chi connectivity index (χ0n) is 23.6. The van der Waals surface area contributed by atoms with Gasteiger partial charge in [0.1, 0.15) is 18.1 Å². The summed E-state index contributed by atoms with van der Waals surface area (Å²) in [6.07, 6.45) is 6.24. The number of benzene rings is 1. The van der Waals surface area contributed by atoms with Crippen molar-refractivity contribution in [3.8, 4) is 0 Å². The van der Waals surface area contributed by atoms with Crippen molar-refractivity contribution in [1.82, 2.24) is 20.9 Å². The largest absolute Gasteiger partial charge is 0.480 e. The summed E-state index contributed by atoms with van der Waals surface area (Å²) in [5.74, 6) is -2.29. The average molecular weight is 577 g/mol. The number of nitrogens with one attached hydrogen (secondary N) is 4. The summed E-state index contributed by atoms with van der Waals surface area (Å²) in [5.41, 5.74) is 13.4. The van der Waals surface area contributed by atoms with E-state index in [4.69, 9.17) is 11.5 Å². The number of aliphatic carboxylic acids is 1. The van der Waals surface area contributed by atoms with Crippen LogP contribution in [0.2, 0.25) is 0 Å². The summed E-state index contributed by atoms with van der Waals surface area (Å²) < 4.78 is 0. The first-order valence-electron chi connectivity index (χ1n) is 13.8. The number of unbranched alkanes of at least 4 members (excludes halogenated alkanes) is 1. The molecule has 0 bridgehead atoms. The summed E-state index contributed by atoms with van der Waals surface area (Å²) in [6.45, 7) is 4.23. The highest BCUT2D eigenvalue weighted by molar-refractivity contribution is 7.98. The van der Waals surface area contributed by atoms with E-state index in [0.717, 1.165) is 16.5 Å². The number of aromatic nitrogens is 1. The van der Waals surface area contributed by atoms with Crippen molar-refractivity contribution in [3.05, 3.63) is 36.0 Å². The summed E-state index contributed by atoms with van der Waals surface area (Å²) in [7, 11) is 0. The van der Waals surface area contributed by atoms with Crippen LogP contribution < -0.4 is 27.4 Å². The second-order valence-corrected chi connectivity index (χ2v) is 11.0. The van der Waals surface area contributed by atoms with Gasteiger partial charge in [-0.15, -0.1) is 0 Å². The predicted octanol–water partition coefficient (Wildman–Crippen LogP) is 1.50. The van der Waals surface area contributed by atoms with Crippen molar-refractivity contribution in [2.75, 3.05) is 18.6 Å². The average Bonchev–Trinajstić information content (AvgIpc) is 3.35. The van der Waals surface area contributed by atoms with Gasteiger partial charge in [0.25, 0.3) is 0 Å². The number of amides is 3. The highest BCUT2D eigenvalue weighted by atomic mass is 32.2. The third kappa shape index (κ3) is 9.83. The molecule has 1 heterocycles. The Bertz CT molecular complexity index is 1130. The number of carboxylic acid groups (broad SMARTS) is 1. The highest BCUT2D eigenvalue weighted by Gasteiger charge is 2.31. The minimum Gasteiger partial charge on any atom is -0.480 e. The number of fused-ring (bicyclic) bond motifs is 1. The van der Waals surface area contributed by atoms with Gasteiger partial charge in [0.05, 0.1) is 6.04 Å². The van der Waals surface area contributed by atoms with Crippen LogP contribution in [0.25, 0.3) is 10.9 Å². The zero-order chi connectivity index (χ0) is 29.7. The van der Waals surface area contributed by atoms with Crippen LogP contribution in [0, 0.1) is 5.92 Å². The third-order valence-electron chi connectivity index (χ3n) is 7.10. The lowest BCUT2D eigenvalue weighted by Gasteiger charge is -2.26. The second-order valence-electron chi connectivity index (χ2n) is 10.1. The zero-order valence-corrected chi connectivity index (χ0v) is 24.4. The molecule has 3 amide bonds. The normalized spacial score (nSPS) is 15.0. The van der Waals surface area contributed by atoms with Crippen LogP contribution in [-0.2, 0) is 25.6 Å². The molecule has 0 aliphatic heterocycles. The van der Waals surface area contributed by atoms with E-state index < -0.39 is 47.9 Å². The Morgan fingerprint density at radius 3 is 2.27 bits per heavy atom. The van der Waals surface area contributed by atoms with E-state index in [1.54, 1.807) is 6.20 Å². The number of aromatic amines is 1. The summed E-state index contributed by atoms with van der Waals surface area (Å²) >= 11 is 1.48. The van der Waals surface area contributed by atoms with Gasteiger partial charge < -0.3 is 37.5 Å². The van der Waals surface area contributed by atoms with Gasteiger partial charge in [0, 0.05) is 23.5 Å². The van der Waals surface area contributed by atoms with E-state index in [1.807, 2.05) is 44.4 Å². The van der Waals surface area contributed by atoms with Crippen molar-refractivity contribution in [2.45, 2.75) is 76.5 Å². The number of carboxylic acids is 1. The van der Waals surface area contributed by atoms with Crippen molar-refractivity contribution in [3.63, 3.8) is 0 Å². The SMILES string of the molecule is CCC(C)C(N)C(=O)NC(CCCCN)C(=O)NC(Cc1c[nH]c2ccccc12)C(=O)NC(CCSC)C(=O)O. The molecule has 2 rings (SSSR count). The minimum absolute atomic E-state index is 0.0811. The lowest BCUT2D eigenvalue weighted by molar-refractivity contribution is -0.142. The van der Waals surface area contributed by atoms with Gasteiger partial charge in [-0.2, -0.15) is 11.8 Å². The maximum absolute atomic E-state index is 13.5. The molecule has 0 saturated carbocycles. The first kappa shape index (κ1) is 33.1. The van der Waals surface area contributed by atoms with Crippen molar-refractivity contribution < 1.29 is 24.3 Å². The fraction of sp³-hybridized carbons (Fsp3) is 0.571. The van der Waals surface area contributed by atoms with Crippen LogP contribution in [0.1, 0.15) is 51.5 Å². The van der Waals surface area contributed by atoms with Crippen molar-refractivity contribution in [1.29, 1.82) is 0 Å². The van der Waals surface area contributed by atoms with Gasteiger partial charge in [0.2, 0.25) is 17.7 Å². The standard InChI is InChI=1S/C28H44N6O5S/c1-4-17(2)24(30)27(37)32-21(11-7-8-13-29)25(35)34-23(26(36)33-22(28(38)39)12-14-40-3)15-18-16-31-20-10-6-5-9-19(18)20/h5-6,9-10,16-17,21-24,31H,4,7-8,11-15,29-30H2,1-3H3,(H,32,37)(H,33,36)(H,34,35)(H,38,39). The first-order chi connectivity index (χ1) is 19.1. The van der Waals surface area contributed by atoms with Gasteiger partial charge in [-0.1, -0.05) is 38.5 Å². The number of hydrogen-bond donors (Lipinski definition) is 7. The molecule has 0 aliphatic carbocycles. The number of hydrogen-bond acceptors (Lipinski definition) is 7. The molecule has 40 heavy (non-hydrogen) atoms. The van der Waals surface area contributed by atoms with Crippen LogP contribution >= 0.6 is 11.8 Å². The molecule has 11 nitrogen and oxygen atoms in total. The first-order valence-corrected chi connectivity index (χ1v) is 15.2. The van der Waals surface area contributed by atoms with Crippen LogP contribution in [-0.4, -0.2) is 76.5 Å². The van der Waals surface area contributed by atoms with Gasteiger partial charge in [-0.05, 0) is 61.8 Å². The highest BCUT2D eigenvalue weighted by Crippen LogP contribution is 2.19. The van der Waals surface area contributed by atoms with E-state index in [-0.39, 0.29) is 18.8 Å². The molecule has 1 aromatic heterocycles. The molecular formula is C28H44N6O5S. The molecule has 0 spiro atoms. The van der Waals surface area contributed by atoms with E-state index in [0.29, 0.717) is 38.0 Å². The number of para-hydroxylation sites is 1. The molecule has 5 atom stereocenters. The molecule has 0 fully saturated rings. The lowest BCUT2D eigenvalue weighted by atomic mass is 9.98. The van der Waals surface area contributed by atoms with Gasteiger partial charge >= 0.3 is 5.97 Å². The van der Waals surface area contributed by atoms with Gasteiger partial charge in [-0.3, -0.25) is 14.4 Å². The monoisotopic (exact) mass is 576 g/mol. The molecule has 5 unspecified atom stereocenters. The van der Waals surface area contributed by atoms with Crippen LogP contribution in [0.5, 0.6) is 0 Å². The number of thioether (sulfide) groups is 1. The fourth-order valence-corrected chi connectivity index (χ4v) is 4.78. The molecule has 0 saturated heterocycles. The number of carbonyl (C=O) groups is 4. The number of carbonyl (C=O) groups excluding carboxylic acids is 3. The van der Waals surface area contributed by atoms with Crippen LogP contribution in [0.3, 0.4) is 0 Å². The molecule has 1 aromatic carbocycles. The quantitative estimate of drug-likeness (QED) is 0.130. The molecular weight excluding hydrogens is 532 g/mol. The van der Waals surface area contributed by atoms with E-state index in [2.05, 4.69) is 20.9 Å². The minimum atomic E-state index is -1.15. The molecule has 9 N–H and O–H groups in total. The lowest BCUT2D eigenvalue weighted by Crippen LogP contribution is -2.58. The van der Waals surface area contributed by atoms with E-state index in [1.165, 1.54) is 11.8 Å². The Labute approximate surface area is 240 Å². The number of H-pyrrole nitrogens is 1.